The summed E-state index contributed by atoms with van der Waals surface area (Å²) in [6.07, 6.45) is 10.9. The summed E-state index contributed by atoms with van der Waals surface area (Å²) in [7, 11) is 0. The van der Waals surface area contributed by atoms with E-state index in [0.29, 0.717) is 44.0 Å². The van der Waals surface area contributed by atoms with E-state index in [9.17, 15) is 32.3 Å². The zero-order chi connectivity index (χ0) is 69.6. The molecule has 4 N–H and O–H groups in total. The number of nitrogens with zero attached hydrogens (tertiary/aromatic N) is 4. The molecule has 498 valence electrons. The smallest absolute Gasteiger partial charge is 0.224 e. The molecule has 0 aliphatic heterocycles. The molecule has 8 aromatic carbocycles. The second-order valence-corrected chi connectivity index (χ2v) is 23.6. The van der Waals surface area contributed by atoms with Gasteiger partial charge in [-0.3, -0.25) is 39.1 Å². The first-order chi connectivity index (χ1) is 48.1. The molecule has 16 heteroatoms. The van der Waals surface area contributed by atoms with Crippen LogP contribution in [0.3, 0.4) is 0 Å². The molecule has 0 bridgehead atoms. The summed E-state index contributed by atoms with van der Waals surface area (Å²) in [6.45, 7) is 5.69. The number of benzene rings is 8. The quantitative estimate of drug-likeness (QED) is 0.0551. The number of rotatable bonds is 21. The van der Waals surface area contributed by atoms with Gasteiger partial charge in [0.25, 0.3) is 0 Å². The Hall–Kier alpha value is -11.7. The third kappa shape index (κ3) is 24.5. The maximum atomic E-state index is 13.1. The number of hydrogen-bond acceptors (Lipinski definition) is 8. The lowest BCUT2D eigenvalue weighted by atomic mass is 10.0. The molecular weight excluding hydrogens is 1270 g/mol. The molecule has 0 fully saturated rings. The average molecular weight is 1340 g/mol. The number of amides is 4. The fourth-order valence-electron chi connectivity index (χ4n) is 10.2. The average Bonchev–Trinajstić information content (AvgIpc) is 1.34. The van der Waals surface area contributed by atoms with E-state index in [0.717, 1.165) is 95.8 Å². The maximum Gasteiger partial charge on any atom is 0.224 e. The van der Waals surface area contributed by atoms with Gasteiger partial charge in [0.15, 0.2) is 0 Å². The highest BCUT2D eigenvalue weighted by molar-refractivity contribution is 6.30. The second kappa shape index (κ2) is 37.6. The fraction of sp³-hybridized carbons (Fsp3) is 0.133. The Bertz CT molecular complexity index is 4410. The van der Waals surface area contributed by atoms with Gasteiger partial charge in [-0.1, -0.05) is 194 Å². The highest BCUT2D eigenvalue weighted by atomic mass is 35.5. The van der Waals surface area contributed by atoms with Crippen LogP contribution < -0.4 is 21.3 Å². The van der Waals surface area contributed by atoms with Gasteiger partial charge in [-0.15, -0.1) is 0 Å². The molecule has 4 aromatic heterocycles. The molecule has 4 heterocycles. The van der Waals surface area contributed by atoms with Gasteiger partial charge in [0.2, 0.25) is 23.6 Å². The molecule has 0 aliphatic carbocycles. The first-order valence-corrected chi connectivity index (χ1v) is 32.6. The minimum absolute atomic E-state index is 0.00774. The lowest BCUT2D eigenvalue weighted by molar-refractivity contribution is -0.121. The largest absolute Gasteiger partial charge is 0.352 e. The standard InChI is InChI=1S/C23H24N2O.C20H16ClFN2O.2C20H17FN2O/c1-3-18-7-10-21(11-8-18)22-12-9-20(15-24-22)14-23(26)25-16-19-6-4-5-17(2)13-19;21-17-5-2-4-16(11-17)19-8-7-15(12-23-19)10-20(25)24-13-14-3-1-6-18(22)9-14;21-19-5-1-3-16(11-19)13-23-20(24)12-15-6-8-17(9-7-15)18-4-2-10-22-14-18;21-18-5-3-4-16(12-18)14-23-20(24)13-15-7-9-17(10-8-15)19-6-1-2-11-22-19/h4-13,15H,3,14,16H2,1-2H3,(H,25,26);1-9,11-12H,10,13H2,(H,24,25);1-11,14H,12-13H2,(H,23,24);1-12H,13-14H2,(H,23,24). The molecule has 0 unspecified atom stereocenters. The van der Waals surface area contributed by atoms with Crippen molar-refractivity contribution in [3.63, 3.8) is 0 Å². The molecule has 99 heavy (non-hydrogen) atoms. The Kier molecular flexibility index (Phi) is 27.2. The Labute approximate surface area is 580 Å². The van der Waals surface area contributed by atoms with Crippen LogP contribution in [-0.4, -0.2) is 43.6 Å². The highest BCUT2D eigenvalue weighted by Gasteiger charge is 2.11. The van der Waals surface area contributed by atoms with Crippen LogP contribution in [0.1, 0.15) is 62.6 Å². The predicted octanol–water partition coefficient (Wildman–Crippen LogP) is 16.4. The molecule has 0 saturated carbocycles. The van der Waals surface area contributed by atoms with E-state index in [1.165, 1.54) is 47.5 Å². The van der Waals surface area contributed by atoms with Crippen molar-refractivity contribution in [1.29, 1.82) is 0 Å². The van der Waals surface area contributed by atoms with E-state index in [1.54, 1.807) is 67.4 Å². The van der Waals surface area contributed by atoms with E-state index in [2.05, 4.69) is 78.5 Å². The Balaban J connectivity index is 0.000000154. The summed E-state index contributed by atoms with van der Waals surface area (Å²) in [6, 6.07) is 75.6. The highest BCUT2D eigenvalue weighted by Crippen LogP contribution is 2.24. The van der Waals surface area contributed by atoms with Gasteiger partial charge < -0.3 is 21.3 Å². The molecular formula is C83H74ClF3N8O4. The normalized spacial score (nSPS) is 10.4. The van der Waals surface area contributed by atoms with Crippen LogP contribution in [-0.2, 0) is 77.5 Å². The third-order valence-corrected chi connectivity index (χ3v) is 15.7. The fourth-order valence-corrected chi connectivity index (χ4v) is 10.4. The molecule has 0 radical (unpaired) electrons. The van der Waals surface area contributed by atoms with Gasteiger partial charge >= 0.3 is 0 Å². The topological polar surface area (TPSA) is 168 Å². The van der Waals surface area contributed by atoms with E-state index >= 15 is 0 Å². The number of carbonyl (C=O) groups is 4. The minimum atomic E-state index is -0.312. The van der Waals surface area contributed by atoms with E-state index < -0.39 is 0 Å². The van der Waals surface area contributed by atoms with Crippen LogP contribution >= 0.6 is 11.6 Å². The number of carbonyl (C=O) groups excluding carboxylic acids is 4. The number of nitrogens with one attached hydrogen (secondary N) is 4. The summed E-state index contributed by atoms with van der Waals surface area (Å²) < 4.78 is 39.3. The van der Waals surface area contributed by atoms with Gasteiger partial charge in [-0.05, 0) is 153 Å². The lowest BCUT2D eigenvalue weighted by Crippen LogP contribution is -2.24. The number of aromatic nitrogens is 4. The number of pyridine rings is 4. The van der Waals surface area contributed by atoms with Crippen molar-refractivity contribution >= 4 is 35.2 Å². The number of halogens is 4. The minimum Gasteiger partial charge on any atom is -0.352 e. The zero-order valence-corrected chi connectivity index (χ0v) is 55.6. The Morgan fingerprint density at radius 3 is 1.14 bits per heavy atom. The van der Waals surface area contributed by atoms with Crippen LogP contribution in [0.4, 0.5) is 13.2 Å². The van der Waals surface area contributed by atoms with Crippen molar-refractivity contribution < 1.29 is 32.3 Å². The summed E-state index contributed by atoms with van der Waals surface area (Å²) in [5.74, 6) is -1.22. The first-order valence-electron chi connectivity index (χ1n) is 32.3. The third-order valence-electron chi connectivity index (χ3n) is 15.5. The Morgan fingerprint density at radius 1 is 0.333 bits per heavy atom. The molecule has 0 aliphatic rings. The predicted molar refractivity (Wildman–Crippen MR) is 386 cm³/mol. The van der Waals surface area contributed by atoms with Crippen LogP contribution in [0.5, 0.6) is 0 Å². The van der Waals surface area contributed by atoms with Gasteiger partial charge in [-0.25, -0.2) is 13.2 Å². The SMILES string of the molecule is CCc1ccc(-c2ccc(CC(=O)NCc3cccc(C)c3)cn2)cc1.O=C(Cc1ccc(-c2cccc(Cl)c2)nc1)NCc1cccc(F)c1.O=C(Cc1ccc(-c2ccccn2)cc1)NCc1cccc(F)c1.O=C(Cc1ccc(-c2cccnc2)cc1)NCc1cccc(F)c1. The number of hydrogen-bond donors (Lipinski definition) is 4. The zero-order valence-electron chi connectivity index (χ0n) is 54.9. The molecule has 12 aromatic rings. The summed E-state index contributed by atoms with van der Waals surface area (Å²) in [4.78, 5) is 65.5. The van der Waals surface area contributed by atoms with Crippen LogP contribution in [0.15, 0.2) is 280 Å². The van der Waals surface area contributed by atoms with Gasteiger partial charge in [0.1, 0.15) is 17.5 Å². The lowest BCUT2D eigenvalue weighted by Gasteiger charge is -2.07. The van der Waals surface area contributed by atoms with Gasteiger partial charge in [-0.2, -0.15) is 0 Å². The molecule has 4 amide bonds. The molecule has 0 atom stereocenters. The number of aryl methyl sites for hydroxylation is 2. The molecule has 12 nitrogen and oxygen atoms in total. The molecule has 12 rings (SSSR count). The van der Waals surface area contributed by atoms with Crippen molar-refractivity contribution in [1.82, 2.24) is 41.2 Å². The summed E-state index contributed by atoms with van der Waals surface area (Å²) in [5.41, 5.74) is 17.2. The van der Waals surface area contributed by atoms with Crippen molar-refractivity contribution in [2.45, 2.75) is 72.1 Å². The van der Waals surface area contributed by atoms with Crippen molar-refractivity contribution in [2.24, 2.45) is 0 Å². The summed E-state index contributed by atoms with van der Waals surface area (Å²) in [5, 5.41) is 12.0. The van der Waals surface area contributed by atoms with Gasteiger partial charge in [0.05, 0.1) is 42.8 Å². The van der Waals surface area contributed by atoms with Crippen LogP contribution in [0.25, 0.3) is 44.9 Å². The van der Waals surface area contributed by atoms with E-state index in [1.807, 2.05) is 153 Å². The van der Waals surface area contributed by atoms with Crippen LogP contribution in [0, 0.1) is 24.4 Å². The van der Waals surface area contributed by atoms with Crippen molar-refractivity contribution in [3.05, 3.63) is 358 Å². The van der Waals surface area contributed by atoms with Crippen molar-refractivity contribution in [3.8, 4) is 44.9 Å². The molecule has 0 spiro atoms. The van der Waals surface area contributed by atoms with Crippen LogP contribution in [0.2, 0.25) is 5.02 Å². The molecule has 0 saturated heterocycles. The van der Waals surface area contributed by atoms with Crippen molar-refractivity contribution in [2.75, 3.05) is 0 Å². The second-order valence-electron chi connectivity index (χ2n) is 23.2. The first kappa shape index (κ1) is 71.6. The van der Waals surface area contributed by atoms with E-state index in [4.69, 9.17) is 11.6 Å². The summed E-state index contributed by atoms with van der Waals surface area (Å²) >= 11 is 5.99. The Morgan fingerprint density at radius 2 is 0.737 bits per heavy atom. The van der Waals surface area contributed by atoms with E-state index in [-0.39, 0.29) is 53.9 Å². The maximum absolute atomic E-state index is 13.1. The van der Waals surface area contributed by atoms with Gasteiger partial charge in [0, 0.05) is 78.9 Å². The monoisotopic (exact) mass is 1340 g/mol.